The van der Waals surface area contributed by atoms with E-state index in [0.29, 0.717) is 23.7 Å². The van der Waals surface area contributed by atoms with Crippen LogP contribution in [-0.2, 0) is 22.6 Å². The van der Waals surface area contributed by atoms with Gasteiger partial charge in [-0.3, -0.25) is 0 Å². The predicted octanol–water partition coefficient (Wildman–Crippen LogP) is 3.80. The molecule has 0 radical (unpaired) electrons. The first-order chi connectivity index (χ1) is 14.6. The quantitative estimate of drug-likeness (QED) is 0.622. The standard InChI is InChI=1S/C23H29NO7/c1-23(2,3)31-22(27)24-18(21(25)26)12-16-8-11-19(20(13-16)29-5)30-14-15-6-9-17(28-4)10-7-15/h6-11,13,18H,12,14H2,1-5H3,(H,24,27)(H,25,26). The Balaban J connectivity index is 2.05. The van der Waals surface area contributed by atoms with Gasteiger partial charge < -0.3 is 29.4 Å². The molecule has 0 aliphatic heterocycles. The third kappa shape index (κ3) is 7.73. The van der Waals surface area contributed by atoms with Crippen LogP contribution in [0.4, 0.5) is 4.79 Å². The maximum Gasteiger partial charge on any atom is 0.408 e. The second-order valence-corrected chi connectivity index (χ2v) is 7.86. The number of aliphatic carboxylic acids is 1. The number of benzene rings is 2. The molecule has 2 aromatic rings. The minimum absolute atomic E-state index is 0.0592. The third-order valence-electron chi connectivity index (χ3n) is 4.21. The molecule has 1 atom stereocenters. The topological polar surface area (TPSA) is 103 Å². The number of methoxy groups -OCH3 is 2. The summed E-state index contributed by atoms with van der Waals surface area (Å²) in [6, 6.07) is 11.5. The first-order valence-electron chi connectivity index (χ1n) is 9.76. The monoisotopic (exact) mass is 431 g/mol. The molecular weight excluding hydrogens is 402 g/mol. The van der Waals surface area contributed by atoms with Gasteiger partial charge in [-0.2, -0.15) is 0 Å². The number of amides is 1. The average molecular weight is 431 g/mol. The van der Waals surface area contributed by atoms with Crippen molar-refractivity contribution in [3.63, 3.8) is 0 Å². The molecule has 0 bridgehead atoms. The van der Waals surface area contributed by atoms with Crippen LogP contribution in [0.25, 0.3) is 0 Å². The molecule has 1 amide bonds. The van der Waals surface area contributed by atoms with Crippen LogP contribution in [0.3, 0.4) is 0 Å². The zero-order chi connectivity index (χ0) is 23.0. The van der Waals surface area contributed by atoms with Crippen molar-refractivity contribution in [2.24, 2.45) is 0 Å². The van der Waals surface area contributed by atoms with Gasteiger partial charge in [0.05, 0.1) is 14.2 Å². The fourth-order valence-corrected chi connectivity index (χ4v) is 2.73. The summed E-state index contributed by atoms with van der Waals surface area (Å²) in [7, 11) is 3.11. The normalized spacial score (nSPS) is 11.9. The molecule has 2 rings (SSSR count). The summed E-state index contributed by atoms with van der Waals surface area (Å²) >= 11 is 0. The lowest BCUT2D eigenvalue weighted by Crippen LogP contribution is -2.44. The summed E-state index contributed by atoms with van der Waals surface area (Å²) in [5.41, 5.74) is 0.899. The van der Waals surface area contributed by atoms with Gasteiger partial charge in [-0.1, -0.05) is 18.2 Å². The van der Waals surface area contributed by atoms with Crippen molar-refractivity contribution in [1.82, 2.24) is 5.32 Å². The molecule has 0 saturated carbocycles. The van der Waals surface area contributed by atoms with Gasteiger partial charge in [-0.05, 0) is 56.2 Å². The fraction of sp³-hybridized carbons (Fsp3) is 0.391. The summed E-state index contributed by atoms with van der Waals surface area (Å²) in [6.45, 7) is 5.45. The van der Waals surface area contributed by atoms with Gasteiger partial charge in [0.25, 0.3) is 0 Å². The molecule has 0 aliphatic rings. The van der Waals surface area contributed by atoms with E-state index < -0.39 is 23.7 Å². The van der Waals surface area contributed by atoms with Crippen molar-refractivity contribution < 1.29 is 33.6 Å². The van der Waals surface area contributed by atoms with Gasteiger partial charge in [0, 0.05) is 6.42 Å². The molecule has 2 aromatic carbocycles. The van der Waals surface area contributed by atoms with E-state index >= 15 is 0 Å². The van der Waals surface area contributed by atoms with Gasteiger partial charge in [0.15, 0.2) is 11.5 Å². The molecule has 0 saturated heterocycles. The Bertz CT molecular complexity index is 888. The van der Waals surface area contributed by atoms with Gasteiger partial charge in [0.1, 0.15) is 24.0 Å². The molecule has 2 N–H and O–H groups in total. The van der Waals surface area contributed by atoms with Crippen LogP contribution < -0.4 is 19.5 Å². The van der Waals surface area contributed by atoms with Crippen molar-refractivity contribution >= 4 is 12.1 Å². The number of rotatable bonds is 9. The fourth-order valence-electron chi connectivity index (χ4n) is 2.73. The summed E-state index contributed by atoms with van der Waals surface area (Å²) < 4.78 is 21.5. The van der Waals surface area contributed by atoms with E-state index in [1.807, 2.05) is 24.3 Å². The number of alkyl carbamates (subject to hydrolysis) is 1. The highest BCUT2D eigenvalue weighted by atomic mass is 16.6. The van der Waals surface area contributed by atoms with E-state index in [1.54, 1.807) is 46.1 Å². The van der Waals surface area contributed by atoms with E-state index in [1.165, 1.54) is 7.11 Å². The zero-order valence-corrected chi connectivity index (χ0v) is 18.4. The summed E-state index contributed by atoms with van der Waals surface area (Å²) in [6.07, 6.45) is -0.727. The van der Waals surface area contributed by atoms with Crippen LogP contribution in [0.2, 0.25) is 0 Å². The van der Waals surface area contributed by atoms with Gasteiger partial charge >= 0.3 is 12.1 Å². The van der Waals surface area contributed by atoms with Crippen molar-refractivity contribution in [2.45, 2.75) is 45.4 Å². The number of hydrogen-bond acceptors (Lipinski definition) is 6. The van der Waals surface area contributed by atoms with Crippen molar-refractivity contribution in [2.75, 3.05) is 14.2 Å². The summed E-state index contributed by atoms with van der Waals surface area (Å²) in [4.78, 5) is 23.5. The van der Waals surface area contributed by atoms with Crippen molar-refractivity contribution in [3.05, 3.63) is 53.6 Å². The number of ether oxygens (including phenoxy) is 4. The average Bonchev–Trinajstić information content (AvgIpc) is 2.71. The molecule has 31 heavy (non-hydrogen) atoms. The van der Waals surface area contributed by atoms with Crippen LogP contribution in [0.5, 0.6) is 17.2 Å². The van der Waals surface area contributed by atoms with Crippen molar-refractivity contribution in [3.8, 4) is 17.2 Å². The zero-order valence-electron chi connectivity index (χ0n) is 18.4. The Labute approximate surface area is 182 Å². The van der Waals surface area contributed by atoms with Gasteiger partial charge in [-0.15, -0.1) is 0 Å². The second-order valence-electron chi connectivity index (χ2n) is 7.86. The lowest BCUT2D eigenvalue weighted by molar-refractivity contribution is -0.139. The smallest absolute Gasteiger partial charge is 0.408 e. The predicted molar refractivity (Wildman–Crippen MR) is 115 cm³/mol. The highest BCUT2D eigenvalue weighted by molar-refractivity contribution is 5.80. The Kier molecular flexibility index (Phi) is 8.13. The molecular formula is C23H29NO7. The highest BCUT2D eigenvalue weighted by Gasteiger charge is 2.24. The second kappa shape index (κ2) is 10.6. The maximum absolute atomic E-state index is 12.0. The SMILES string of the molecule is COc1ccc(COc2ccc(CC(NC(=O)OC(C)(C)C)C(=O)O)cc2OC)cc1. The molecule has 8 heteroatoms. The van der Waals surface area contributed by atoms with Crippen LogP contribution in [-0.4, -0.2) is 43.0 Å². The van der Waals surface area contributed by atoms with Gasteiger partial charge in [-0.25, -0.2) is 9.59 Å². The van der Waals surface area contributed by atoms with E-state index in [2.05, 4.69) is 5.32 Å². The van der Waals surface area contributed by atoms with E-state index in [4.69, 9.17) is 18.9 Å². The van der Waals surface area contributed by atoms with Crippen molar-refractivity contribution in [1.29, 1.82) is 0 Å². The number of carbonyl (C=O) groups excluding carboxylic acids is 1. The molecule has 0 aromatic heterocycles. The minimum Gasteiger partial charge on any atom is -0.497 e. The number of hydrogen-bond donors (Lipinski definition) is 2. The molecule has 0 spiro atoms. The molecule has 168 valence electrons. The van der Waals surface area contributed by atoms with E-state index in [-0.39, 0.29) is 6.42 Å². The van der Waals surface area contributed by atoms with Crippen LogP contribution in [0.1, 0.15) is 31.9 Å². The molecule has 8 nitrogen and oxygen atoms in total. The number of carboxylic acid groups (broad SMARTS) is 1. The lowest BCUT2D eigenvalue weighted by atomic mass is 10.1. The maximum atomic E-state index is 12.0. The van der Waals surface area contributed by atoms with Gasteiger partial charge in [0.2, 0.25) is 0 Å². The molecule has 0 fully saturated rings. The number of carboxylic acids is 1. The highest BCUT2D eigenvalue weighted by Crippen LogP contribution is 2.29. The van der Waals surface area contributed by atoms with Crippen LogP contribution in [0, 0.1) is 0 Å². The summed E-state index contributed by atoms with van der Waals surface area (Å²) in [5, 5.41) is 11.9. The van der Waals surface area contributed by atoms with E-state index in [0.717, 1.165) is 11.3 Å². The van der Waals surface area contributed by atoms with E-state index in [9.17, 15) is 14.7 Å². The van der Waals surface area contributed by atoms with Crippen LogP contribution >= 0.6 is 0 Å². The number of nitrogens with one attached hydrogen (secondary N) is 1. The molecule has 1 unspecified atom stereocenters. The lowest BCUT2D eigenvalue weighted by Gasteiger charge is -2.22. The Hall–Kier alpha value is -3.42. The molecule has 0 heterocycles. The first-order valence-corrected chi connectivity index (χ1v) is 9.76. The Morgan fingerprint density at radius 3 is 2.16 bits per heavy atom. The third-order valence-corrected chi connectivity index (χ3v) is 4.21. The minimum atomic E-state index is -1.16. The first kappa shape index (κ1) is 23.9. The Morgan fingerprint density at radius 2 is 1.61 bits per heavy atom. The summed E-state index contributed by atoms with van der Waals surface area (Å²) in [5.74, 6) is 0.588. The largest absolute Gasteiger partial charge is 0.497 e. The van der Waals surface area contributed by atoms with Crippen LogP contribution in [0.15, 0.2) is 42.5 Å². The Morgan fingerprint density at radius 1 is 0.968 bits per heavy atom. The molecule has 0 aliphatic carbocycles. The number of carbonyl (C=O) groups is 2.